The van der Waals surface area contributed by atoms with Crippen LogP contribution in [0.5, 0.6) is 5.75 Å². The monoisotopic (exact) mass is 277 g/mol. The quantitative estimate of drug-likeness (QED) is 0.623. The van der Waals surface area contributed by atoms with Gasteiger partial charge in [-0.2, -0.15) is 0 Å². The van der Waals surface area contributed by atoms with E-state index in [1.54, 1.807) is 13.0 Å². The minimum absolute atomic E-state index is 0.105. The van der Waals surface area contributed by atoms with Crippen LogP contribution in [0.2, 0.25) is 5.02 Å². The number of halogens is 1. The first-order chi connectivity index (χ1) is 9.09. The normalized spacial score (nSPS) is 10.2. The number of nitro groups is 1. The van der Waals surface area contributed by atoms with Gasteiger partial charge in [-0.15, -0.1) is 0 Å². The van der Waals surface area contributed by atoms with Gasteiger partial charge in [0.2, 0.25) is 0 Å². The maximum Gasteiger partial charge on any atom is 0.288 e. The van der Waals surface area contributed by atoms with Crippen LogP contribution >= 0.6 is 11.6 Å². The van der Waals surface area contributed by atoms with Gasteiger partial charge in [0, 0.05) is 11.6 Å². The van der Waals surface area contributed by atoms with Crippen molar-refractivity contribution in [3.63, 3.8) is 0 Å². The number of nitro benzene ring substituents is 1. The fraction of sp³-hybridized carbons (Fsp3) is 0.143. The molecule has 0 saturated heterocycles. The van der Waals surface area contributed by atoms with Gasteiger partial charge < -0.3 is 4.74 Å². The lowest BCUT2D eigenvalue weighted by atomic mass is 10.2. The molecule has 0 aliphatic carbocycles. The van der Waals surface area contributed by atoms with Crippen molar-refractivity contribution in [3.8, 4) is 5.75 Å². The Balaban J connectivity index is 2.18. The summed E-state index contributed by atoms with van der Waals surface area (Å²) in [5.74, 6) is 0.555. The number of hydrogen-bond donors (Lipinski definition) is 0. The van der Waals surface area contributed by atoms with Gasteiger partial charge in [0.15, 0.2) is 0 Å². The van der Waals surface area contributed by atoms with Gasteiger partial charge >= 0.3 is 0 Å². The minimum atomic E-state index is -0.504. The molecule has 0 heterocycles. The van der Waals surface area contributed by atoms with Crippen molar-refractivity contribution in [1.82, 2.24) is 0 Å². The molecule has 0 unspecified atom stereocenters. The summed E-state index contributed by atoms with van der Waals surface area (Å²) in [6.07, 6.45) is 0. The van der Waals surface area contributed by atoms with Crippen LogP contribution in [0, 0.1) is 17.0 Å². The van der Waals surface area contributed by atoms with Gasteiger partial charge in [0.1, 0.15) is 17.4 Å². The summed E-state index contributed by atoms with van der Waals surface area (Å²) in [5.41, 5.74) is 1.49. The van der Waals surface area contributed by atoms with Crippen molar-refractivity contribution >= 4 is 17.3 Å². The lowest BCUT2D eigenvalue weighted by Crippen LogP contribution is -1.98. The van der Waals surface area contributed by atoms with Crippen molar-refractivity contribution < 1.29 is 9.66 Å². The molecule has 0 saturated carbocycles. The molecule has 5 heteroatoms. The van der Waals surface area contributed by atoms with Crippen LogP contribution in [0.15, 0.2) is 42.5 Å². The molecule has 19 heavy (non-hydrogen) atoms. The number of ether oxygens (including phenoxy) is 1. The summed E-state index contributed by atoms with van der Waals surface area (Å²) >= 11 is 5.95. The standard InChI is InChI=1S/C14H12ClNO3/c1-10-13(8-7-12(14(10)15)16(17)18)19-9-11-5-3-2-4-6-11/h2-8H,9H2,1H3. The molecule has 0 fully saturated rings. The Morgan fingerprint density at radius 1 is 1.21 bits per heavy atom. The van der Waals surface area contributed by atoms with Crippen molar-refractivity contribution in [2.24, 2.45) is 0 Å². The zero-order chi connectivity index (χ0) is 13.8. The van der Waals surface area contributed by atoms with Crippen molar-refractivity contribution in [2.75, 3.05) is 0 Å². The number of nitrogens with zero attached hydrogens (tertiary/aromatic N) is 1. The van der Waals surface area contributed by atoms with E-state index in [9.17, 15) is 10.1 Å². The van der Waals surface area contributed by atoms with Crippen LogP contribution < -0.4 is 4.74 Å². The van der Waals surface area contributed by atoms with E-state index in [1.165, 1.54) is 6.07 Å². The Kier molecular flexibility index (Phi) is 4.02. The summed E-state index contributed by atoms with van der Waals surface area (Å²) in [5, 5.41) is 10.9. The molecule has 0 radical (unpaired) electrons. The topological polar surface area (TPSA) is 52.4 Å². The average molecular weight is 278 g/mol. The molecule has 0 aromatic heterocycles. The predicted octanol–water partition coefficient (Wildman–Crippen LogP) is 4.14. The fourth-order valence-electron chi connectivity index (χ4n) is 1.69. The molecular formula is C14H12ClNO3. The predicted molar refractivity (Wildman–Crippen MR) is 73.6 cm³/mol. The lowest BCUT2D eigenvalue weighted by Gasteiger charge is -2.10. The lowest BCUT2D eigenvalue weighted by molar-refractivity contribution is -0.384. The molecule has 98 valence electrons. The van der Waals surface area contributed by atoms with Gasteiger partial charge in [-0.05, 0) is 18.6 Å². The van der Waals surface area contributed by atoms with Crippen LogP contribution in [-0.4, -0.2) is 4.92 Å². The van der Waals surface area contributed by atoms with E-state index in [2.05, 4.69) is 0 Å². The van der Waals surface area contributed by atoms with Crippen LogP contribution in [0.3, 0.4) is 0 Å². The van der Waals surface area contributed by atoms with Crippen molar-refractivity contribution in [2.45, 2.75) is 13.5 Å². The van der Waals surface area contributed by atoms with Gasteiger partial charge in [0.25, 0.3) is 5.69 Å². The van der Waals surface area contributed by atoms with Crippen molar-refractivity contribution in [1.29, 1.82) is 0 Å². The first-order valence-corrected chi connectivity index (χ1v) is 6.07. The van der Waals surface area contributed by atoms with Gasteiger partial charge in [-0.1, -0.05) is 41.9 Å². The van der Waals surface area contributed by atoms with Gasteiger partial charge in [-0.25, -0.2) is 0 Å². The molecular weight excluding hydrogens is 266 g/mol. The molecule has 0 N–H and O–H groups in total. The number of rotatable bonds is 4. The average Bonchev–Trinajstić information content (AvgIpc) is 2.41. The Morgan fingerprint density at radius 3 is 2.53 bits per heavy atom. The highest BCUT2D eigenvalue weighted by Gasteiger charge is 2.17. The van der Waals surface area contributed by atoms with Crippen LogP contribution in [0.4, 0.5) is 5.69 Å². The second kappa shape index (κ2) is 5.71. The van der Waals surface area contributed by atoms with E-state index in [4.69, 9.17) is 16.3 Å². The highest BCUT2D eigenvalue weighted by Crippen LogP contribution is 2.34. The number of hydrogen-bond acceptors (Lipinski definition) is 3. The van der Waals surface area contributed by atoms with E-state index in [0.717, 1.165) is 5.56 Å². The summed E-state index contributed by atoms with van der Waals surface area (Å²) in [7, 11) is 0. The van der Waals surface area contributed by atoms with Gasteiger partial charge in [0.05, 0.1) is 4.92 Å². The second-order valence-electron chi connectivity index (χ2n) is 4.05. The zero-order valence-electron chi connectivity index (χ0n) is 10.3. The maximum atomic E-state index is 10.7. The first kappa shape index (κ1) is 13.4. The molecule has 0 bridgehead atoms. The van der Waals surface area contributed by atoms with E-state index >= 15 is 0 Å². The Hall–Kier alpha value is -2.07. The van der Waals surface area contributed by atoms with E-state index in [0.29, 0.717) is 17.9 Å². The molecule has 2 aromatic rings. The van der Waals surface area contributed by atoms with Crippen LogP contribution in [0.25, 0.3) is 0 Å². The Labute approximate surface area is 115 Å². The second-order valence-corrected chi connectivity index (χ2v) is 4.43. The maximum absolute atomic E-state index is 10.7. The van der Waals surface area contributed by atoms with Gasteiger partial charge in [-0.3, -0.25) is 10.1 Å². The summed E-state index contributed by atoms with van der Waals surface area (Å²) < 4.78 is 5.63. The van der Waals surface area contributed by atoms with Crippen molar-refractivity contribution in [3.05, 3.63) is 68.7 Å². The SMILES string of the molecule is Cc1c(OCc2ccccc2)ccc([N+](=O)[O-])c1Cl. The minimum Gasteiger partial charge on any atom is -0.489 e. The summed E-state index contributed by atoms with van der Waals surface area (Å²) in [6, 6.07) is 12.6. The highest BCUT2D eigenvalue weighted by atomic mass is 35.5. The van der Waals surface area contributed by atoms with E-state index in [1.807, 2.05) is 30.3 Å². The third kappa shape index (κ3) is 3.03. The summed E-state index contributed by atoms with van der Waals surface area (Å²) in [4.78, 5) is 10.2. The Bertz CT molecular complexity index is 599. The molecule has 4 nitrogen and oxygen atoms in total. The largest absolute Gasteiger partial charge is 0.489 e. The zero-order valence-corrected chi connectivity index (χ0v) is 11.1. The van der Waals surface area contributed by atoms with E-state index < -0.39 is 4.92 Å². The molecule has 0 atom stereocenters. The molecule has 0 spiro atoms. The fourth-order valence-corrected chi connectivity index (χ4v) is 1.91. The molecule has 0 aliphatic rings. The smallest absolute Gasteiger partial charge is 0.288 e. The number of benzene rings is 2. The highest BCUT2D eigenvalue weighted by molar-refractivity contribution is 6.33. The van der Waals surface area contributed by atoms with Crippen LogP contribution in [-0.2, 0) is 6.61 Å². The molecule has 2 rings (SSSR count). The third-order valence-electron chi connectivity index (χ3n) is 2.75. The van der Waals surface area contributed by atoms with E-state index in [-0.39, 0.29) is 10.7 Å². The van der Waals surface area contributed by atoms with Crippen LogP contribution in [0.1, 0.15) is 11.1 Å². The Morgan fingerprint density at radius 2 is 1.89 bits per heavy atom. The molecule has 0 aliphatic heterocycles. The first-order valence-electron chi connectivity index (χ1n) is 5.70. The third-order valence-corrected chi connectivity index (χ3v) is 3.23. The molecule has 0 amide bonds. The molecule has 2 aromatic carbocycles. The summed E-state index contributed by atoms with van der Waals surface area (Å²) in [6.45, 7) is 2.10.